The molecule has 1 aliphatic heterocycles. The van der Waals surface area contributed by atoms with Crippen LogP contribution in [0.4, 0.5) is 5.82 Å². The van der Waals surface area contributed by atoms with E-state index in [9.17, 15) is 0 Å². The SMILES string of the molecule is CC(C)C1CCN(c2cccc(C(=N)N)n2)CC1. The standard InChI is InChI=1S/C14H22N4/c1-10(2)11-6-8-18(9-7-11)13-5-3-4-12(17-13)14(15)16/h3-5,10-11H,6-9H2,1-2H3,(H3,15,16). The molecule has 4 heteroatoms. The first-order chi connectivity index (χ1) is 8.58. The molecule has 98 valence electrons. The van der Waals surface area contributed by atoms with Crippen molar-refractivity contribution in [3.05, 3.63) is 23.9 Å². The van der Waals surface area contributed by atoms with Gasteiger partial charge in [0.15, 0.2) is 0 Å². The second kappa shape index (κ2) is 5.38. The number of hydrogen-bond acceptors (Lipinski definition) is 3. The Morgan fingerprint density at radius 2 is 2.06 bits per heavy atom. The molecule has 2 heterocycles. The van der Waals surface area contributed by atoms with E-state index in [1.165, 1.54) is 12.8 Å². The summed E-state index contributed by atoms with van der Waals surface area (Å²) in [4.78, 5) is 6.74. The zero-order valence-corrected chi connectivity index (χ0v) is 11.2. The monoisotopic (exact) mass is 246 g/mol. The summed E-state index contributed by atoms with van der Waals surface area (Å²) >= 11 is 0. The summed E-state index contributed by atoms with van der Waals surface area (Å²) in [5, 5.41) is 7.43. The Morgan fingerprint density at radius 3 is 2.61 bits per heavy atom. The summed E-state index contributed by atoms with van der Waals surface area (Å²) < 4.78 is 0. The quantitative estimate of drug-likeness (QED) is 0.635. The third-order valence-corrected chi connectivity index (χ3v) is 3.82. The molecule has 1 aliphatic rings. The number of nitrogens with zero attached hydrogens (tertiary/aromatic N) is 2. The lowest BCUT2D eigenvalue weighted by Crippen LogP contribution is -2.36. The summed E-state index contributed by atoms with van der Waals surface area (Å²) in [7, 11) is 0. The second-order valence-electron chi connectivity index (χ2n) is 5.36. The van der Waals surface area contributed by atoms with Gasteiger partial charge in [-0.25, -0.2) is 4.98 Å². The van der Waals surface area contributed by atoms with Gasteiger partial charge in [-0.1, -0.05) is 19.9 Å². The van der Waals surface area contributed by atoms with Crippen LogP contribution in [0.1, 0.15) is 32.4 Å². The lowest BCUT2D eigenvalue weighted by molar-refractivity contribution is 0.310. The molecule has 0 unspecified atom stereocenters. The van der Waals surface area contributed by atoms with Crippen LogP contribution in [-0.2, 0) is 0 Å². The minimum absolute atomic E-state index is 0.0360. The molecule has 1 aromatic heterocycles. The van der Waals surface area contributed by atoms with E-state index in [4.69, 9.17) is 11.1 Å². The summed E-state index contributed by atoms with van der Waals surface area (Å²) in [5.41, 5.74) is 6.04. The zero-order chi connectivity index (χ0) is 13.1. The predicted molar refractivity (Wildman–Crippen MR) is 75.0 cm³/mol. The van der Waals surface area contributed by atoms with Crippen molar-refractivity contribution < 1.29 is 0 Å². The Morgan fingerprint density at radius 1 is 1.39 bits per heavy atom. The summed E-state index contributed by atoms with van der Waals surface area (Å²) in [6.07, 6.45) is 2.45. The fourth-order valence-corrected chi connectivity index (χ4v) is 2.54. The summed E-state index contributed by atoms with van der Waals surface area (Å²) in [6, 6.07) is 5.71. The predicted octanol–water partition coefficient (Wildman–Crippen LogP) is 2.24. The number of anilines is 1. The first-order valence-corrected chi connectivity index (χ1v) is 6.64. The molecule has 2 rings (SSSR count). The number of nitrogens with two attached hydrogens (primary N) is 1. The Kier molecular flexibility index (Phi) is 3.84. The van der Waals surface area contributed by atoms with Gasteiger partial charge in [-0.3, -0.25) is 5.41 Å². The van der Waals surface area contributed by atoms with Crippen molar-refractivity contribution in [3.63, 3.8) is 0 Å². The van der Waals surface area contributed by atoms with Crippen LogP contribution in [0.15, 0.2) is 18.2 Å². The Hall–Kier alpha value is -1.58. The van der Waals surface area contributed by atoms with Gasteiger partial charge in [0.1, 0.15) is 17.3 Å². The van der Waals surface area contributed by atoms with Crippen LogP contribution in [0.2, 0.25) is 0 Å². The van der Waals surface area contributed by atoms with Gasteiger partial charge in [0, 0.05) is 13.1 Å². The van der Waals surface area contributed by atoms with Crippen LogP contribution in [0.3, 0.4) is 0 Å². The van der Waals surface area contributed by atoms with Crippen LogP contribution in [0.5, 0.6) is 0 Å². The molecule has 1 aromatic rings. The highest BCUT2D eigenvalue weighted by Crippen LogP contribution is 2.26. The van der Waals surface area contributed by atoms with E-state index >= 15 is 0 Å². The molecule has 0 aliphatic carbocycles. The van der Waals surface area contributed by atoms with Gasteiger partial charge in [0.05, 0.1) is 0 Å². The van der Waals surface area contributed by atoms with Crippen LogP contribution >= 0.6 is 0 Å². The highest BCUT2D eigenvalue weighted by atomic mass is 15.2. The smallest absolute Gasteiger partial charge is 0.141 e. The molecule has 1 fully saturated rings. The van der Waals surface area contributed by atoms with Crippen molar-refractivity contribution in [1.82, 2.24) is 4.98 Å². The maximum absolute atomic E-state index is 7.43. The minimum Gasteiger partial charge on any atom is -0.382 e. The third kappa shape index (κ3) is 2.81. The van der Waals surface area contributed by atoms with Crippen molar-refractivity contribution >= 4 is 11.7 Å². The first-order valence-electron chi connectivity index (χ1n) is 6.64. The van der Waals surface area contributed by atoms with Gasteiger partial charge in [-0.05, 0) is 36.8 Å². The number of nitrogens with one attached hydrogen (secondary N) is 1. The van der Waals surface area contributed by atoms with Gasteiger partial charge in [0.2, 0.25) is 0 Å². The molecule has 4 nitrogen and oxygen atoms in total. The lowest BCUT2D eigenvalue weighted by Gasteiger charge is -2.34. The van der Waals surface area contributed by atoms with Crippen LogP contribution in [0.25, 0.3) is 0 Å². The number of piperidine rings is 1. The van der Waals surface area contributed by atoms with Gasteiger partial charge < -0.3 is 10.6 Å². The van der Waals surface area contributed by atoms with Crippen LogP contribution < -0.4 is 10.6 Å². The number of nitrogen functional groups attached to an aromatic ring is 1. The Bertz CT molecular complexity index is 420. The van der Waals surface area contributed by atoms with Crippen molar-refractivity contribution in [2.45, 2.75) is 26.7 Å². The minimum atomic E-state index is 0.0360. The number of hydrogen-bond donors (Lipinski definition) is 2. The average molecular weight is 246 g/mol. The molecule has 0 radical (unpaired) electrons. The van der Waals surface area contributed by atoms with E-state index in [0.717, 1.165) is 30.7 Å². The number of rotatable bonds is 3. The Balaban J connectivity index is 2.05. The van der Waals surface area contributed by atoms with Gasteiger partial charge in [-0.2, -0.15) is 0 Å². The van der Waals surface area contributed by atoms with E-state index in [0.29, 0.717) is 5.69 Å². The van der Waals surface area contributed by atoms with E-state index in [1.54, 1.807) is 6.07 Å². The molecule has 18 heavy (non-hydrogen) atoms. The number of pyridine rings is 1. The molecule has 1 saturated heterocycles. The largest absolute Gasteiger partial charge is 0.382 e. The van der Waals surface area contributed by atoms with Gasteiger partial charge in [-0.15, -0.1) is 0 Å². The average Bonchev–Trinajstić information content (AvgIpc) is 2.39. The fourth-order valence-electron chi connectivity index (χ4n) is 2.54. The van der Waals surface area contributed by atoms with Gasteiger partial charge >= 0.3 is 0 Å². The van der Waals surface area contributed by atoms with E-state index in [2.05, 4.69) is 23.7 Å². The Labute approximate surface area is 109 Å². The maximum atomic E-state index is 7.43. The van der Waals surface area contributed by atoms with E-state index in [-0.39, 0.29) is 5.84 Å². The van der Waals surface area contributed by atoms with Crippen molar-refractivity contribution in [2.75, 3.05) is 18.0 Å². The van der Waals surface area contributed by atoms with E-state index in [1.807, 2.05) is 12.1 Å². The van der Waals surface area contributed by atoms with Crippen molar-refractivity contribution in [2.24, 2.45) is 17.6 Å². The molecule has 0 saturated carbocycles. The van der Waals surface area contributed by atoms with Crippen LogP contribution in [0, 0.1) is 17.2 Å². The normalized spacial score (nSPS) is 17.2. The highest BCUT2D eigenvalue weighted by molar-refractivity contribution is 5.93. The molecule has 0 bridgehead atoms. The molecule has 0 atom stereocenters. The summed E-state index contributed by atoms with van der Waals surface area (Å²) in [6.45, 7) is 6.71. The van der Waals surface area contributed by atoms with E-state index < -0.39 is 0 Å². The molecule has 0 spiro atoms. The topological polar surface area (TPSA) is 66.0 Å². The zero-order valence-electron chi connectivity index (χ0n) is 11.2. The van der Waals surface area contributed by atoms with Crippen molar-refractivity contribution in [3.8, 4) is 0 Å². The maximum Gasteiger partial charge on any atom is 0.141 e. The number of amidine groups is 1. The molecule has 0 amide bonds. The first kappa shape index (κ1) is 12.9. The molecular weight excluding hydrogens is 224 g/mol. The lowest BCUT2D eigenvalue weighted by atomic mass is 9.87. The molecule has 3 N–H and O–H groups in total. The third-order valence-electron chi connectivity index (χ3n) is 3.82. The summed E-state index contributed by atoms with van der Waals surface area (Å²) in [5.74, 6) is 2.58. The van der Waals surface area contributed by atoms with Gasteiger partial charge in [0.25, 0.3) is 0 Å². The van der Waals surface area contributed by atoms with Crippen LogP contribution in [-0.4, -0.2) is 23.9 Å². The second-order valence-corrected chi connectivity index (χ2v) is 5.36. The fraction of sp³-hybridized carbons (Fsp3) is 0.571. The molecule has 0 aromatic carbocycles. The highest BCUT2D eigenvalue weighted by Gasteiger charge is 2.22. The number of aromatic nitrogens is 1. The molecular formula is C14H22N4. The van der Waals surface area contributed by atoms with Crippen molar-refractivity contribution in [1.29, 1.82) is 5.41 Å².